The topological polar surface area (TPSA) is 29.1 Å². The predicted octanol–water partition coefficient (Wildman–Crippen LogP) is 3.73. The Bertz CT molecular complexity index is 536. The van der Waals surface area contributed by atoms with Gasteiger partial charge in [0.05, 0.1) is 0 Å². The maximum absolute atomic E-state index is 11.7. The van der Waals surface area contributed by atoms with Crippen molar-refractivity contribution in [2.75, 3.05) is 6.54 Å². The van der Waals surface area contributed by atoms with Gasteiger partial charge in [-0.15, -0.1) is 0 Å². The number of nitrogens with one attached hydrogen (secondary N) is 1. The lowest BCUT2D eigenvalue weighted by atomic mass is 9.88. The lowest BCUT2D eigenvalue weighted by Gasteiger charge is -2.18. The summed E-state index contributed by atoms with van der Waals surface area (Å²) in [6.07, 6.45) is 3.06. The van der Waals surface area contributed by atoms with Gasteiger partial charge < -0.3 is 5.32 Å². The Balaban J connectivity index is 1.69. The molecule has 1 aliphatic rings. The van der Waals surface area contributed by atoms with E-state index in [4.69, 9.17) is 0 Å². The standard InChI is InChI=1S/C19H21NO/c21-19(17-11-12-17)20-14-13-18(15-7-3-1-4-8-15)16-9-5-2-6-10-16/h1-10,17-18H,11-14H2,(H,20,21). The summed E-state index contributed by atoms with van der Waals surface area (Å²) in [4.78, 5) is 11.7. The van der Waals surface area contributed by atoms with Gasteiger partial charge in [0.1, 0.15) is 0 Å². The van der Waals surface area contributed by atoms with E-state index in [1.165, 1.54) is 11.1 Å². The molecule has 0 aliphatic heterocycles. The smallest absolute Gasteiger partial charge is 0.223 e. The van der Waals surface area contributed by atoms with Crippen molar-refractivity contribution in [1.29, 1.82) is 0 Å². The fourth-order valence-corrected chi connectivity index (χ4v) is 2.73. The fraction of sp³-hybridized carbons (Fsp3) is 0.316. The molecule has 0 aromatic heterocycles. The summed E-state index contributed by atoms with van der Waals surface area (Å²) in [5, 5.41) is 3.08. The fourth-order valence-electron chi connectivity index (χ4n) is 2.73. The van der Waals surface area contributed by atoms with Crippen LogP contribution in [0.25, 0.3) is 0 Å². The molecule has 108 valence electrons. The molecule has 2 aromatic carbocycles. The van der Waals surface area contributed by atoms with Crippen LogP contribution in [0, 0.1) is 5.92 Å². The minimum atomic E-state index is 0.231. The second-order valence-electron chi connectivity index (χ2n) is 5.73. The zero-order valence-corrected chi connectivity index (χ0v) is 12.2. The Kier molecular flexibility index (Phi) is 4.34. The maximum atomic E-state index is 11.7. The molecule has 21 heavy (non-hydrogen) atoms. The average molecular weight is 279 g/mol. The summed E-state index contributed by atoms with van der Waals surface area (Å²) in [6, 6.07) is 21.1. The number of rotatable bonds is 6. The van der Waals surface area contributed by atoms with Crippen molar-refractivity contribution in [3.05, 3.63) is 71.8 Å². The zero-order chi connectivity index (χ0) is 14.5. The van der Waals surface area contributed by atoms with Gasteiger partial charge in [-0.25, -0.2) is 0 Å². The summed E-state index contributed by atoms with van der Waals surface area (Å²) >= 11 is 0. The van der Waals surface area contributed by atoms with E-state index in [1.54, 1.807) is 0 Å². The molecule has 0 spiro atoms. The van der Waals surface area contributed by atoms with E-state index >= 15 is 0 Å². The normalized spacial score (nSPS) is 14.1. The van der Waals surface area contributed by atoms with Crippen LogP contribution in [0.1, 0.15) is 36.3 Å². The molecule has 0 heterocycles. The summed E-state index contributed by atoms with van der Waals surface area (Å²) in [6.45, 7) is 0.740. The van der Waals surface area contributed by atoms with E-state index in [-0.39, 0.29) is 11.8 Å². The van der Waals surface area contributed by atoms with Gasteiger partial charge in [0, 0.05) is 18.4 Å². The minimum absolute atomic E-state index is 0.231. The lowest BCUT2D eigenvalue weighted by molar-refractivity contribution is -0.122. The van der Waals surface area contributed by atoms with E-state index in [1.807, 2.05) is 12.1 Å². The van der Waals surface area contributed by atoms with Crippen molar-refractivity contribution in [3.63, 3.8) is 0 Å². The van der Waals surface area contributed by atoms with Crippen molar-refractivity contribution in [2.24, 2.45) is 5.92 Å². The van der Waals surface area contributed by atoms with Gasteiger partial charge >= 0.3 is 0 Å². The van der Waals surface area contributed by atoms with Crippen molar-refractivity contribution >= 4 is 5.91 Å². The highest BCUT2D eigenvalue weighted by molar-refractivity contribution is 5.80. The molecule has 2 nitrogen and oxygen atoms in total. The quantitative estimate of drug-likeness (QED) is 0.857. The van der Waals surface area contributed by atoms with Crippen LogP contribution in [0.2, 0.25) is 0 Å². The van der Waals surface area contributed by atoms with E-state index in [0.717, 1.165) is 25.8 Å². The number of hydrogen-bond donors (Lipinski definition) is 1. The second kappa shape index (κ2) is 6.57. The van der Waals surface area contributed by atoms with Crippen LogP contribution in [-0.4, -0.2) is 12.5 Å². The monoisotopic (exact) mass is 279 g/mol. The first-order valence-corrected chi connectivity index (χ1v) is 7.72. The SMILES string of the molecule is O=C(NCCC(c1ccccc1)c1ccccc1)C1CC1. The Morgan fingerprint density at radius 1 is 0.952 bits per heavy atom. The van der Waals surface area contributed by atoms with Gasteiger partial charge in [-0.05, 0) is 30.4 Å². The van der Waals surface area contributed by atoms with Crippen LogP contribution >= 0.6 is 0 Å². The molecular formula is C19H21NO. The Hall–Kier alpha value is -2.09. The Labute approximate surface area is 126 Å². The summed E-state index contributed by atoms with van der Waals surface area (Å²) < 4.78 is 0. The molecule has 3 rings (SSSR count). The highest BCUT2D eigenvalue weighted by Gasteiger charge is 2.29. The number of carbonyl (C=O) groups is 1. The van der Waals surface area contributed by atoms with Gasteiger partial charge in [-0.2, -0.15) is 0 Å². The first kappa shape index (κ1) is 13.9. The number of hydrogen-bond acceptors (Lipinski definition) is 1. The van der Waals surface area contributed by atoms with Gasteiger partial charge in [0.15, 0.2) is 0 Å². The summed E-state index contributed by atoms with van der Waals surface area (Å²) in [5.74, 6) is 0.860. The molecule has 0 bridgehead atoms. The molecule has 1 amide bonds. The van der Waals surface area contributed by atoms with Crippen molar-refractivity contribution in [2.45, 2.75) is 25.2 Å². The van der Waals surface area contributed by atoms with E-state index in [2.05, 4.69) is 53.8 Å². The molecule has 0 unspecified atom stereocenters. The number of benzene rings is 2. The van der Waals surface area contributed by atoms with Gasteiger partial charge in [-0.3, -0.25) is 4.79 Å². The Morgan fingerprint density at radius 2 is 1.48 bits per heavy atom. The second-order valence-corrected chi connectivity index (χ2v) is 5.73. The highest BCUT2D eigenvalue weighted by Crippen LogP contribution is 2.30. The highest BCUT2D eigenvalue weighted by atomic mass is 16.2. The van der Waals surface area contributed by atoms with Crippen LogP contribution < -0.4 is 5.32 Å². The minimum Gasteiger partial charge on any atom is -0.356 e. The lowest BCUT2D eigenvalue weighted by Crippen LogP contribution is -2.27. The third-order valence-electron chi connectivity index (χ3n) is 4.08. The van der Waals surface area contributed by atoms with Crippen LogP contribution in [0.4, 0.5) is 0 Å². The molecule has 2 aromatic rings. The maximum Gasteiger partial charge on any atom is 0.223 e. The first-order valence-electron chi connectivity index (χ1n) is 7.72. The van der Waals surface area contributed by atoms with E-state index in [9.17, 15) is 4.79 Å². The third kappa shape index (κ3) is 3.72. The van der Waals surface area contributed by atoms with Gasteiger partial charge in [-0.1, -0.05) is 60.7 Å². The van der Waals surface area contributed by atoms with Gasteiger partial charge in [0.2, 0.25) is 5.91 Å². The van der Waals surface area contributed by atoms with Crippen molar-refractivity contribution in [1.82, 2.24) is 5.32 Å². The Morgan fingerprint density at radius 3 is 1.95 bits per heavy atom. The summed E-state index contributed by atoms with van der Waals surface area (Å²) in [5.41, 5.74) is 2.62. The van der Waals surface area contributed by atoms with Crippen LogP contribution in [-0.2, 0) is 4.79 Å². The zero-order valence-electron chi connectivity index (χ0n) is 12.2. The van der Waals surface area contributed by atoms with Crippen LogP contribution in [0.5, 0.6) is 0 Å². The first-order chi connectivity index (χ1) is 10.3. The largest absolute Gasteiger partial charge is 0.356 e. The molecule has 0 saturated heterocycles. The molecule has 1 aliphatic carbocycles. The molecule has 1 fully saturated rings. The van der Waals surface area contributed by atoms with E-state index < -0.39 is 0 Å². The molecular weight excluding hydrogens is 258 g/mol. The van der Waals surface area contributed by atoms with Crippen molar-refractivity contribution < 1.29 is 4.79 Å². The predicted molar refractivity (Wildman–Crippen MR) is 85.1 cm³/mol. The third-order valence-corrected chi connectivity index (χ3v) is 4.08. The van der Waals surface area contributed by atoms with Crippen molar-refractivity contribution in [3.8, 4) is 0 Å². The number of amides is 1. The molecule has 0 radical (unpaired) electrons. The molecule has 1 N–H and O–H groups in total. The number of carbonyl (C=O) groups excluding carboxylic acids is 1. The molecule has 2 heteroatoms. The molecule has 1 saturated carbocycles. The summed E-state index contributed by atoms with van der Waals surface area (Å²) in [7, 11) is 0. The van der Waals surface area contributed by atoms with Crippen LogP contribution in [0.3, 0.4) is 0 Å². The van der Waals surface area contributed by atoms with Crippen LogP contribution in [0.15, 0.2) is 60.7 Å². The molecule has 0 atom stereocenters. The van der Waals surface area contributed by atoms with E-state index in [0.29, 0.717) is 5.92 Å². The average Bonchev–Trinajstić information content (AvgIpc) is 3.38. The van der Waals surface area contributed by atoms with Gasteiger partial charge in [0.25, 0.3) is 0 Å².